The number of carboxylic acid groups (broad SMARTS) is 2. The van der Waals surface area contributed by atoms with Gasteiger partial charge in [0.05, 0.1) is 11.8 Å². The predicted octanol–water partition coefficient (Wildman–Crippen LogP) is 1.84. The van der Waals surface area contributed by atoms with Crippen LogP contribution in [0, 0.1) is 29.1 Å². The first-order valence-corrected chi connectivity index (χ1v) is 5.83. The van der Waals surface area contributed by atoms with Gasteiger partial charge in [0.15, 0.2) is 0 Å². The highest BCUT2D eigenvalue weighted by molar-refractivity contribution is 5.82. The molecule has 4 nitrogen and oxygen atoms in total. The molecular formula is C12H18O4. The summed E-state index contributed by atoms with van der Waals surface area (Å²) in [5, 5.41) is 18.3. The molecule has 0 heterocycles. The maximum atomic E-state index is 11.4. The molecule has 0 radical (unpaired) electrons. The lowest BCUT2D eigenvalue weighted by Gasteiger charge is -2.38. The van der Waals surface area contributed by atoms with Crippen molar-refractivity contribution in [1.29, 1.82) is 0 Å². The van der Waals surface area contributed by atoms with Crippen LogP contribution >= 0.6 is 0 Å². The molecule has 4 heteroatoms. The van der Waals surface area contributed by atoms with Crippen molar-refractivity contribution in [2.24, 2.45) is 29.1 Å². The van der Waals surface area contributed by atoms with Gasteiger partial charge in [0, 0.05) is 0 Å². The van der Waals surface area contributed by atoms with E-state index in [9.17, 15) is 14.7 Å². The van der Waals surface area contributed by atoms with Crippen LogP contribution in [0.3, 0.4) is 0 Å². The normalized spacial score (nSPS) is 45.9. The molecule has 2 saturated carbocycles. The van der Waals surface area contributed by atoms with Crippen molar-refractivity contribution in [1.82, 2.24) is 0 Å². The van der Waals surface area contributed by atoms with Gasteiger partial charge in [0.1, 0.15) is 0 Å². The second-order valence-electron chi connectivity index (χ2n) is 5.56. The quantitative estimate of drug-likeness (QED) is 0.770. The lowest BCUT2D eigenvalue weighted by Crippen LogP contribution is -2.43. The van der Waals surface area contributed by atoms with E-state index in [1.807, 2.05) is 0 Å². The number of aliphatic carboxylic acids is 2. The number of carboxylic acids is 2. The first-order valence-electron chi connectivity index (χ1n) is 5.83. The lowest BCUT2D eigenvalue weighted by atomic mass is 9.64. The molecule has 0 aromatic heterocycles. The smallest absolute Gasteiger partial charge is 0.310 e. The van der Waals surface area contributed by atoms with Crippen molar-refractivity contribution in [3.63, 3.8) is 0 Å². The second-order valence-corrected chi connectivity index (χ2v) is 5.56. The first kappa shape index (κ1) is 11.4. The summed E-state index contributed by atoms with van der Waals surface area (Å²) in [7, 11) is 0. The highest BCUT2D eigenvalue weighted by Crippen LogP contribution is 2.62. The molecule has 0 amide bonds. The zero-order valence-electron chi connectivity index (χ0n) is 9.64. The van der Waals surface area contributed by atoms with E-state index in [0.717, 1.165) is 6.42 Å². The molecule has 2 rings (SSSR count). The molecule has 2 aliphatic carbocycles. The maximum absolute atomic E-state index is 11.4. The van der Waals surface area contributed by atoms with Crippen LogP contribution in [-0.4, -0.2) is 22.2 Å². The van der Waals surface area contributed by atoms with Gasteiger partial charge in [0.2, 0.25) is 0 Å². The molecule has 16 heavy (non-hydrogen) atoms. The van der Waals surface area contributed by atoms with Crippen LogP contribution in [0.1, 0.15) is 33.1 Å². The highest BCUT2D eigenvalue weighted by atomic mass is 16.4. The summed E-state index contributed by atoms with van der Waals surface area (Å²) in [6, 6.07) is 0. The third-order valence-corrected chi connectivity index (χ3v) is 4.99. The zero-order chi connectivity index (χ0) is 12.1. The van der Waals surface area contributed by atoms with Crippen molar-refractivity contribution in [2.75, 3.05) is 0 Å². The minimum Gasteiger partial charge on any atom is -0.481 e. The molecule has 0 saturated heterocycles. The zero-order valence-corrected chi connectivity index (χ0v) is 9.64. The SMILES string of the molecule is CC1C2CC(C1C)C(CC(=O)O)(C(=O)O)C2. The molecule has 2 fully saturated rings. The van der Waals surface area contributed by atoms with Gasteiger partial charge in [-0.05, 0) is 36.5 Å². The Hall–Kier alpha value is -1.06. The largest absolute Gasteiger partial charge is 0.481 e. The first-order chi connectivity index (χ1) is 7.38. The van der Waals surface area contributed by atoms with Crippen LogP contribution in [0.4, 0.5) is 0 Å². The molecule has 2 aliphatic rings. The average Bonchev–Trinajstić information content (AvgIpc) is 2.65. The summed E-state index contributed by atoms with van der Waals surface area (Å²) >= 11 is 0. The average molecular weight is 226 g/mol. The van der Waals surface area contributed by atoms with Crippen LogP contribution in [0.15, 0.2) is 0 Å². The van der Waals surface area contributed by atoms with Crippen LogP contribution in [-0.2, 0) is 9.59 Å². The van der Waals surface area contributed by atoms with Gasteiger partial charge in [-0.15, -0.1) is 0 Å². The molecule has 0 aliphatic heterocycles. The summed E-state index contributed by atoms with van der Waals surface area (Å²) in [4.78, 5) is 22.3. The van der Waals surface area contributed by atoms with Crippen LogP contribution in [0.25, 0.3) is 0 Å². The van der Waals surface area contributed by atoms with Gasteiger partial charge < -0.3 is 10.2 Å². The van der Waals surface area contributed by atoms with E-state index in [4.69, 9.17) is 5.11 Å². The van der Waals surface area contributed by atoms with Crippen LogP contribution < -0.4 is 0 Å². The Morgan fingerprint density at radius 1 is 1.25 bits per heavy atom. The third-order valence-electron chi connectivity index (χ3n) is 4.99. The van der Waals surface area contributed by atoms with E-state index < -0.39 is 17.4 Å². The molecule has 2 N–H and O–H groups in total. The Morgan fingerprint density at radius 2 is 1.88 bits per heavy atom. The summed E-state index contributed by atoms with van der Waals surface area (Å²) in [5.41, 5.74) is -0.998. The van der Waals surface area contributed by atoms with Gasteiger partial charge in [-0.2, -0.15) is 0 Å². The van der Waals surface area contributed by atoms with Crippen LogP contribution in [0.2, 0.25) is 0 Å². The number of fused-ring (bicyclic) bond motifs is 2. The van der Waals surface area contributed by atoms with Gasteiger partial charge in [-0.3, -0.25) is 9.59 Å². The maximum Gasteiger partial charge on any atom is 0.310 e. The van der Waals surface area contributed by atoms with E-state index in [0.29, 0.717) is 24.2 Å². The molecule has 5 unspecified atom stereocenters. The fourth-order valence-electron chi connectivity index (χ4n) is 3.96. The topological polar surface area (TPSA) is 74.6 Å². The van der Waals surface area contributed by atoms with Gasteiger partial charge >= 0.3 is 11.9 Å². The Bertz CT molecular complexity index is 336. The third kappa shape index (κ3) is 1.35. The van der Waals surface area contributed by atoms with E-state index >= 15 is 0 Å². The van der Waals surface area contributed by atoms with E-state index in [2.05, 4.69) is 13.8 Å². The van der Waals surface area contributed by atoms with Crippen molar-refractivity contribution < 1.29 is 19.8 Å². The minimum atomic E-state index is -0.998. The van der Waals surface area contributed by atoms with E-state index in [1.165, 1.54) is 0 Å². The molecule has 0 aromatic rings. The highest BCUT2D eigenvalue weighted by Gasteiger charge is 2.61. The molecule has 0 spiro atoms. The lowest BCUT2D eigenvalue weighted by molar-refractivity contribution is -0.161. The Morgan fingerprint density at radius 3 is 2.25 bits per heavy atom. The van der Waals surface area contributed by atoms with Crippen molar-refractivity contribution in [3.05, 3.63) is 0 Å². The van der Waals surface area contributed by atoms with E-state index in [1.54, 1.807) is 0 Å². The van der Waals surface area contributed by atoms with Crippen molar-refractivity contribution >= 4 is 11.9 Å². The van der Waals surface area contributed by atoms with Crippen molar-refractivity contribution in [2.45, 2.75) is 33.1 Å². The van der Waals surface area contributed by atoms with Gasteiger partial charge in [-0.1, -0.05) is 13.8 Å². The van der Waals surface area contributed by atoms with E-state index in [-0.39, 0.29) is 12.3 Å². The number of carbonyl (C=O) groups is 2. The Labute approximate surface area is 94.7 Å². The fraction of sp³-hybridized carbons (Fsp3) is 0.833. The standard InChI is InChI=1S/C12H18O4/c1-6-7(2)9-3-8(6)4-12(9,11(15)16)5-10(13)14/h6-9H,3-5H2,1-2H3,(H,13,14)(H,15,16). The van der Waals surface area contributed by atoms with Crippen LogP contribution in [0.5, 0.6) is 0 Å². The molecule has 0 aromatic carbocycles. The number of rotatable bonds is 3. The summed E-state index contributed by atoms with van der Waals surface area (Å²) in [5.74, 6) is -0.604. The van der Waals surface area contributed by atoms with Gasteiger partial charge in [-0.25, -0.2) is 0 Å². The number of hydrogen-bond donors (Lipinski definition) is 2. The second kappa shape index (κ2) is 3.47. The fourth-order valence-corrected chi connectivity index (χ4v) is 3.96. The number of hydrogen-bond acceptors (Lipinski definition) is 2. The predicted molar refractivity (Wildman–Crippen MR) is 56.9 cm³/mol. The van der Waals surface area contributed by atoms with Gasteiger partial charge in [0.25, 0.3) is 0 Å². The Balaban J connectivity index is 2.31. The Kier molecular flexibility index (Phi) is 2.48. The molecule has 90 valence electrons. The molecular weight excluding hydrogens is 208 g/mol. The minimum absolute atomic E-state index is 0.0427. The summed E-state index contributed by atoms with van der Waals surface area (Å²) in [6.07, 6.45) is 1.22. The monoisotopic (exact) mass is 226 g/mol. The van der Waals surface area contributed by atoms with Crippen molar-refractivity contribution in [3.8, 4) is 0 Å². The summed E-state index contributed by atoms with van der Waals surface area (Å²) in [6.45, 7) is 4.22. The molecule has 2 bridgehead atoms. The molecule has 5 atom stereocenters. The summed E-state index contributed by atoms with van der Waals surface area (Å²) < 4.78 is 0.